The maximum atomic E-state index is 13.2. The molecule has 0 saturated heterocycles. The molecule has 2 aromatic rings. The molecule has 0 radical (unpaired) electrons. The number of hydrogen-bond acceptors (Lipinski definition) is 2. The maximum Gasteiger partial charge on any atom is 0.144 e. The van der Waals surface area contributed by atoms with Gasteiger partial charge in [0.15, 0.2) is 0 Å². The van der Waals surface area contributed by atoms with Gasteiger partial charge in [0.25, 0.3) is 0 Å². The Bertz CT molecular complexity index is 693. The Labute approximate surface area is 135 Å². The summed E-state index contributed by atoms with van der Waals surface area (Å²) in [5.74, 6) is -0.135. The molecule has 1 N–H and O–H groups in total. The fourth-order valence-electron chi connectivity index (χ4n) is 2.10. The number of halogens is 3. The molecule has 112 valence electrons. The van der Waals surface area contributed by atoms with Gasteiger partial charge in [-0.1, -0.05) is 26.1 Å². The molecule has 0 unspecified atom stereocenters. The predicted octanol–water partition coefficient (Wildman–Crippen LogP) is 4.97. The SMILES string of the molecule is CC(C)Cc1[nH]c(Cc2cc(F)cc(F)c2)nc(=S)c1Br. The van der Waals surface area contributed by atoms with Crippen molar-refractivity contribution in [1.29, 1.82) is 0 Å². The molecule has 0 atom stereocenters. The monoisotopic (exact) mass is 372 g/mol. The first-order chi connectivity index (χ1) is 9.85. The fourth-order valence-corrected chi connectivity index (χ4v) is 2.68. The van der Waals surface area contributed by atoms with Crippen molar-refractivity contribution in [3.05, 3.63) is 56.0 Å². The molecule has 0 aliphatic heterocycles. The van der Waals surface area contributed by atoms with Gasteiger partial charge in [-0.2, -0.15) is 0 Å². The molecule has 2 nitrogen and oxygen atoms in total. The molecule has 0 amide bonds. The quantitative estimate of drug-likeness (QED) is 0.767. The van der Waals surface area contributed by atoms with Crippen molar-refractivity contribution in [2.45, 2.75) is 26.7 Å². The highest BCUT2D eigenvalue weighted by Gasteiger charge is 2.10. The number of H-pyrrole nitrogens is 1. The Balaban J connectivity index is 2.36. The van der Waals surface area contributed by atoms with Gasteiger partial charge >= 0.3 is 0 Å². The highest BCUT2D eigenvalue weighted by molar-refractivity contribution is 9.10. The van der Waals surface area contributed by atoms with Crippen LogP contribution in [-0.2, 0) is 12.8 Å². The van der Waals surface area contributed by atoms with E-state index in [4.69, 9.17) is 12.2 Å². The van der Waals surface area contributed by atoms with E-state index in [9.17, 15) is 8.78 Å². The zero-order valence-corrected chi connectivity index (χ0v) is 14.1. The van der Waals surface area contributed by atoms with E-state index in [-0.39, 0.29) is 0 Å². The second-order valence-corrected chi connectivity index (χ2v) is 6.51. The van der Waals surface area contributed by atoms with Crippen LogP contribution in [0.15, 0.2) is 22.7 Å². The lowest BCUT2D eigenvalue weighted by atomic mass is 10.1. The smallest absolute Gasteiger partial charge is 0.144 e. The van der Waals surface area contributed by atoms with Crippen molar-refractivity contribution in [1.82, 2.24) is 9.97 Å². The van der Waals surface area contributed by atoms with Gasteiger partial charge in [-0.3, -0.25) is 0 Å². The van der Waals surface area contributed by atoms with Crippen molar-refractivity contribution in [3.8, 4) is 0 Å². The van der Waals surface area contributed by atoms with E-state index in [2.05, 4.69) is 39.7 Å². The third-order valence-corrected chi connectivity index (χ3v) is 4.30. The Morgan fingerprint density at radius 1 is 1.24 bits per heavy atom. The van der Waals surface area contributed by atoms with Crippen LogP contribution in [0.4, 0.5) is 8.78 Å². The normalized spacial score (nSPS) is 11.1. The molecule has 1 heterocycles. The van der Waals surface area contributed by atoms with Gasteiger partial charge in [-0.15, -0.1) is 0 Å². The molecule has 6 heteroatoms. The van der Waals surface area contributed by atoms with Crippen LogP contribution >= 0.6 is 28.1 Å². The van der Waals surface area contributed by atoms with Crippen LogP contribution in [0.25, 0.3) is 0 Å². The van der Waals surface area contributed by atoms with Gasteiger partial charge in [-0.05, 0) is 46.0 Å². The highest BCUT2D eigenvalue weighted by Crippen LogP contribution is 2.20. The number of aromatic nitrogens is 2. The molecule has 0 bridgehead atoms. The standard InChI is InChI=1S/C15H15BrF2N2S/c1-8(2)3-12-14(16)15(21)20-13(19-12)6-9-4-10(17)7-11(18)5-9/h4-5,7-8H,3,6H2,1-2H3,(H,19,20,21). The molecule has 0 aliphatic rings. The van der Waals surface area contributed by atoms with Gasteiger partial charge in [-0.25, -0.2) is 13.8 Å². The van der Waals surface area contributed by atoms with E-state index in [0.717, 1.165) is 22.7 Å². The fraction of sp³-hybridized carbons (Fsp3) is 0.333. The molecular weight excluding hydrogens is 358 g/mol. The van der Waals surface area contributed by atoms with Gasteiger partial charge in [0.1, 0.15) is 22.1 Å². The minimum Gasteiger partial charge on any atom is -0.346 e. The molecular formula is C15H15BrF2N2S. The minimum atomic E-state index is -0.594. The zero-order chi connectivity index (χ0) is 15.6. The number of nitrogens with zero attached hydrogens (tertiary/aromatic N) is 1. The van der Waals surface area contributed by atoms with Gasteiger partial charge in [0.05, 0.1) is 4.47 Å². The number of nitrogens with one attached hydrogen (secondary N) is 1. The van der Waals surface area contributed by atoms with Crippen molar-refractivity contribution >= 4 is 28.1 Å². The summed E-state index contributed by atoms with van der Waals surface area (Å²) in [6, 6.07) is 3.45. The van der Waals surface area contributed by atoms with Crippen molar-refractivity contribution in [2.24, 2.45) is 5.92 Å². The van der Waals surface area contributed by atoms with Gasteiger partial charge in [0, 0.05) is 18.2 Å². The Kier molecular flexibility index (Phi) is 5.22. The molecule has 0 aliphatic carbocycles. The summed E-state index contributed by atoms with van der Waals surface area (Å²) in [5, 5.41) is 0. The highest BCUT2D eigenvalue weighted by atomic mass is 79.9. The van der Waals surface area contributed by atoms with E-state index in [1.165, 1.54) is 12.1 Å². The summed E-state index contributed by atoms with van der Waals surface area (Å²) in [4.78, 5) is 7.47. The third-order valence-electron chi connectivity index (χ3n) is 2.89. The number of rotatable bonds is 4. The first-order valence-corrected chi connectivity index (χ1v) is 7.78. The van der Waals surface area contributed by atoms with Crippen LogP contribution in [0.2, 0.25) is 0 Å². The van der Waals surface area contributed by atoms with Crippen LogP contribution in [0.5, 0.6) is 0 Å². The average Bonchev–Trinajstić information content (AvgIpc) is 2.33. The van der Waals surface area contributed by atoms with Crippen molar-refractivity contribution < 1.29 is 8.78 Å². The van der Waals surface area contributed by atoms with Crippen LogP contribution in [0, 0.1) is 22.2 Å². The molecule has 1 aromatic heterocycles. The molecule has 1 aromatic carbocycles. The summed E-state index contributed by atoms with van der Waals surface area (Å²) in [5.41, 5.74) is 1.47. The summed E-state index contributed by atoms with van der Waals surface area (Å²) >= 11 is 8.66. The summed E-state index contributed by atoms with van der Waals surface area (Å²) in [6.45, 7) is 4.21. The number of hydrogen-bond donors (Lipinski definition) is 1. The Morgan fingerprint density at radius 2 is 1.86 bits per heavy atom. The first kappa shape index (κ1) is 16.2. The largest absolute Gasteiger partial charge is 0.346 e. The summed E-state index contributed by atoms with van der Waals surface area (Å²) in [6.07, 6.45) is 1.12. The van der Waals surface area contributed by atoms with E-state index >= 15 is 0 Å². The van der Waals surface area contributed by atoms with Crippen LogP contribution < -0.4 is 0 Å². The van der Waals surface area contributed by atoms with E-state index in [1.54, 1.807) is 0 Å². The van der Waals surface area contributed by atoms with Crippen molar-refractivity contribution in [2.75, 3.05) is 0 Å². The number of aromatic amines is 1. The lowest BCUT2D eigenvalue weighted by molar-refractivity contribution is 0.580. The average molecular weight is 373 g/mol. The summed E-state index contributed by atoms with van der Waals surface area (Å²) in [7, 11) is 0. The molecule has 2 rings (SSSR count). The molecule has 0 spiro atoms. The van der Waals surface area contributed by atoms with Crippen LogP contribution in [0.1, 0.15) is 30.9 Å². The Morgan fingerprint density at radius 3 is 2.43 bits per heavy atom. The van der Waals surface area contributed by atoms with Crippen LogP contribution in [0.3, 0.4) is 0 Å². The lowest BCUT2D eigenvalue weighted by Crippen LogP contribution is -2.06. The summed E-state index contributed by atoms with van der Waals surface area (Å²) < 4.78 is 27.7. The van der Waals surface area contributed by atoms with Crippen molar-refractivity contribution in [3.63, 3.8) is 0 Å². The second kappa shape index (κ2) is 6.75. The van der Waals surface area contributed by atoms with E-state index in [0.29, 0.717) is 28.4 Å². The molecule has 0 saturated carbocycles. The lowest BCUT2D eigenvalue weighted by Gasteiger charge is -2.11. The van der Waals surface area contributed by atoms with Gasteiger partial charge < -0.3 is 4.98 Å². The molecule has 21 heavy (non-hydrogen) atoms. The van der Waals surface area contributed by atoms with Crippen LogP contribution in [-0.4, -0.2) is 9.97 Å². The maximum absolute atomic E-state index is 13.2. The van der Waals surface area contributed by atoms with E-state index < -0.39 is 11.6 Å². The second-order valence-electron chi connectivity index (χ2n) is 5.33. The first-order valence-electron chi connectivity index (χ1n) is 6.57. The molecule has 0 fully saturated rings. The van der Waals surface area contributed by atoms with Gasteiger partial charge in [0.2, 0.25) is 0 Å². The minimum absolute atomic E-state index is 0.302. The Hall–Kier alpha value is -1.14. The topological polar surface area (TPSA) is 28.7 Å². The third kappa shape index (κ3) is 4.41. The van der Waals surface area contributed by atoms with E-state index in [1.807, 2.05) is 0 Å². The predicted molar refractivity (Wildman–Crippen MR) is 84.8 cm³/mol. The zero-order valence-electron chi connectivity index (χ0n) is 11.7. The number of benzene rings is 1.